The summed E-state index contributed by atoms with van der Waals surface area (Å²) >= 11 is 1.22. The minimum absolute atomic E-state index is 0.0345. The maximum atomic E-state index is 11.4. The molecule has 0 bridgehead atoms. The summed E-state index contributed by atoms with van der Waals surface area (Å²) < 4.78 is 4.60. The summed E-state index contributed by atoms with van der Waals surface area (Å²) in [6.07, 6.45) is 0. The van der Waals surface area contributed by atoms with Crippen LogP contribution in [-0.4, -0.2) is 23.9 Å². The van der Waals surface area contributed by atoms with Crippen LogP contribution >= 0.6 is 11.8 Å². The van der Waals surface area contributed by atoms with Crippen molar-refractivity contribution in [2.45, 2.75) is 6.92 Å². The van der Waals surface area contributed by atoms with E-state index in [2.05, 4.69) is 11.3 Å². The quantitative estimate of drug-likeness (QED) is 0.503. The summed E-state index contributed by atoms with van der Waals surface area (Å²) in [5.74, 6) is -0.0413. The van der Waals surface area contributed by atoms with Gasteiger partial charge >= 0.3 is 5.97 Å². The normalized spacial score (nSPS) is 11.7. The third-order valence-corrected chi connectivity index (χ3v) is 3.52. The molecule has 0 aliphatic heterocycles. The van der Waals surface area contributed by atoms with Crippen LogP contribution in [0.4, 0.5) is 0 Å². The fourth-order valence-electron chi connectivity index (χ4n) is 1.32. The van der Waals surface area contributed by atoms with Crippen molar-refractivity contribution < 1.29 is 14.6 Å². The zero-order valence-electron chi connectivity index (χ0n) is 10.5. The number of ether oxygens (including phenoxy) is 1. The van der Waals surface area contributed by atoms with Crippen molar-refractivity contribution >= 4 is 23.3 Å². The van der Waals surface area contributed by atoms with Gasteiger partial charge in [-0.25, -0.2) is 4.79 Å². The number of hydrogen-bond acceptors (Lipinski definition) is 4. The van der Waals surface area contributed by atoms with E-state index < -0.39 is 5.97 Å². The summed E-state index contributed by atoms with van der Waals surface area (Å²) in [6, 6.07) is 9.70. The average molecular weight is 264 g/mol. The van der Waals surface area contributed by atoms with Gasteiger partial charge in [-0.3, -0.25) is 0 Å². The third kappa shape index (κ3) is 3.96. The molecule has 3 nitrogen and oxygen atoms in total. The van der Waals surface area contributed by atoms with E-state index >= 15 is 0 Å². The largest absolute Gasteiger partial charge is 0.511 e. The zero-order chi connectivity index (χ0) is 13.5. The van der Waals surface area contributed by atoms with Gasteiger partial charge in [0.05, 0.1) is 7.11 Å². The van der Waals surface area contributed by atoms with Crippen LogP contribution in [0.5, 0.6) is 0 Å². The molecule has 0 unspecified atom stereocenters. The number of aliphatic hydroxyl groups excluding tert-OH is 1. The molecule has 18 heavy (non-hydrogen) atoms. The number of benzene rings is 1. The highest BCUT2D eigenvalue weighted by molar-refractivity contribution is 8.04. The molecule has 0 spiro atoms. The Morgan fingerprint density at radius 3 is 2.50 bits per heavy atom. The Morgan fingerprint density at radius 1 is 1.39 bits per heavy atom. The second kappa shape index (κ2) is 6.91. The van der Waals surface area contributed by atoms with Crippen LogP contribution in [0.1, 0.15) is 12.5 Å². The Kier molecular flexibility index (Phi) is 5.52. The van der Waals surface area contributed by atoms with E-state index in [1.165, 1.54) is 25.8 Å². The highest BCUT2D eigenvalue weighted by Gasteiger charge is 2.14. The molecule has 0 aliphatic rings. The third-order valence-electron chi connectivity index (χ3n) is 2.27. The second-order valence-electron chi connectivity index (χ2n) is 3.66. The number of aliphatic hydroxyl groups is 1. The van der Waals surface area contributed by atoms with Crippen molar-refractivity contribution in [2.75, 3.05) is 12.9 Å². The van der Waals surface area contributed by atoms with Crippen LogP contribution in [0.25, 0.3) is 5.57 Å². The van der Waals surface area contributed by atoms with Crippen molar-refractivity contribution in [3.05, 3.63) is 53.1 Å². The first-order chi connectivity index (χ1) is 8.56. The number of thioether (sulfide) groups is 1. The second-order valence-corrected chi connectivity index (χ2v) is 4.65. The number of carbonyl (C=O) groups is 1. The summed E-state index contributed by atoms with van der Waals surface area (Å²) in [5.41, 5.74) is 1.91. The van der Waals surface area contributed by atoms with Gasteiger partial charge in [-0.05, 0) is 18.1 Å². The maximum absolute atomic E-state index is 11.4. The molecule has 4 heteroatoms. The van der Waals surface area contributed by atoms with Crippen LogP contribution in [-0.2, 0) is 9.53 Å². The molecule has 0 saturated carbocycles. The first kappa shape index (κ1) is 14.4. The lowest BCUT2D eigenvalue weighted by atomic mass is 10.1. The molecule has 1 rings (SSSR count). The number of rotatable bonds is 5. The van der Waals surface area contributed by atoms with Crippen molar-refractivity contribution in [2.24, 2.45) is 0 Å². The van der Waals surface area contributed by atoms with Crippen molar-refractivity contribution in [3.63, 3.8) is 0 Å². The predicted octanol–water partition coefficient (Wildman–Crippen LogP) is 3.40. The van der Waals surface area contributed by atoms with Crippen LogP contribution in [0.2, 0.25) is 0 Å². The van der Waals surface area contributed by atoms with Crippen LogP contribution in [0.15, 0.2) is 47.6 Å². The number of carbonyl (C=O) groups excluding carboxylic acids is 1. The lowest BCUT2D eigenvalue weighted by molar-refractivity contribution is -0.135. The van der Waals surface area contributed by atoms with Crippen molar-refractivity contribution in [3.8, 4) is 0 Å². The molecule has 0 heterocycles. The predicted molar refractivity (Wildman–Crippen MR) is 75.3 cm³/mol. The lowest BCUT2D eigenvalue weighted by Crippen LogP contribution is -2.05. The molecule has 0 aliphatic carbocycles. The standard InChI is InChI=1S/C14H16O3S/c1-10(12-7-5-4-6-8-12)9-18-13(11(2)15)14(16)17-3/h4-8,15H,1,9H2,2-3H3/b13-11-. The monoisotopic (exact) mass is 264 g/mol. The molecule has 1 aromatic rings. The molecular formula is C14H16O3S. The molecule has 1 aromatic carbocycles. The lowest BCUT2D eigenvalue weighted by Gasteiger charge is -2.08. The average Bonchev–Trinajstić information content (AvgIpc) is 2.39. The molecule has 0 atom stereocenters. The maximum Gasteiger partial charge on any atom is 0.347 e. The Balaban J connectivity index is 2.68. The van der Waals surface area contributed by atoms with E-state index in [1.54, 1.807) is 0 Å². The summed E-state index contributed by atoms with van der Waals surface area (Å²) in [6.45, 7) is 5.43. The summed E-state index contributed by atoms with van der Waals surface area (Å²) in [4.78, 5) is 11.6. The first-order valence-electron chi connectivity index (χ1n) is 5.40. The highest BCUT2D eigenvalue weighted by atomic mass is 32.2. The topological polar surface area (TPSA) is 46.5 Å². The minimum Gasteiger partial charge on any atom is -0.511 e. The van der Waals surface area contributed by atoms with Crippen LogP contribution in [0, 0.1) is 0 Å². The molecule has 0 aromatic heterocycles. The van der Waals surface area contributed by atoms with Gasteiger partial charge < -0.3 is 9.84 Å². The molecule has 96 valence electrons. The van der Waals surface area contributed by atoms with Gasteiger partial charge in [-0.2, -0.15) is 0 Å². The van der Waals surface area contributed by atoms with E-state index in [9.17, 15) is 9.90 Å². The summed E-state index contributed by atoms with van der Waals surface area (Å²) in [7, 11) is 1.29. The fourth-order valence-corrected chi connectivity index (χ4v) is 2.22. The molecule has 1 N–H and O–H groups in total. The van der Waals surface area contributed by atoms with Gasteiger partial charge in [-0.15, -0.1) is 11.8 Å². The Labute approximate surface area is 111 Å². The van der Waals surface area contributed by atoms with Gasteiger partial charge in [0.15, 0.2) is 0 Å². The smallest absolute Gasteiger partial charge is 0.347 e. The van der Waals surface area contributed by atoms with Gasteiger partial charge in [0.1, 0.15) is 10.7 Å². The van der Waals surface area contributed by atoms with Gasteiger partial charge in [0.2, 0.25) is 0 Å². The molecular weight excluding hydrogens is 248 g/mol. The van der Waals surface area contributed by atoms with Crippen LogP contribution in [0.3, 0.4) is 0 Å². The fraction of sp³-hybridized carbons (Fsp3) is 0.214. The SMILES string of the molecule is C=C(CS/C(C(=O)OC)=C(/C)O)c1ccccc1. The van der Waals surface area contributed by atoms with Gasteiger partial charge in [0.25, 0.3) is 0 Å². The van der Waals surface area contributed by atoms with Gasteiger partial charge in [0, 0.05) is 5.75 Å². The Hall–Kier alpha value is -1.68. The van der Waals surface area contributed by atoms with E-state index in [0.717, 1.165) is 11.1 Å². The van der Waals surface area contributed by atoms with E-state index in [4.69, 9.17) is 0 Å². The number of esters is 1. The molecule has 0 radical (unpaired) electrons. The Morgan fingerprint density at radius 2 is 2.00 bits per heavy atom. The van der Waals surface area contributed by atoms with Crippen molar-refractivity contribution in [1.82, 2.24) is 0 Å². The Bertz CT molecular complexity index is 459. The van der Waals surface area contributed by atoms with E-state index in [1.807, 2.05) is 30.3 Å². The first-order valence-corrected chi connectivity index (χ1v) is 6.39. The van der Waals surface area contributed by atoms with Gasteiger partial charge in [-0.1, -0.05) is 36.9 Å². The molecule has 0 amide bonds. The minimum atomic E-state index is -0.527. The highest BCUT2D eigenvalue weighted by Crippen LogP contribution is 2.25. The molecule has 0 fully saturated rings. The number of methoxy groups -OCH3 is 1. The van der Waals surface area contributed by atoms with E-state index in [-0.39, 0.29) is 10.7 Å². The zero-order valence-corrected chi connectivity index (χ0v) is 11.3. The number of hydrogen-bond donors (Lipinski definition) is 1. The van der Waals surface area contributed by atoms with Crippen LogP contribution < -0.4 is 0 Å². The van der Waals surface area contributed by atoms with Crippen molar-refractivity contribution in [1.29, 1.82) is 0 Å². The number of allylic oxidation sites excluding steroid dienone is 1. The summed E-state index contributed by atoms with van der Waals surface area (Å²) in [5, 5.41) is 9.43. The van der Waals surface area contributed by atoms with E-state index in [0.29, 0.717) is 5.75 Å². The molecule has 0 saturated heterocycles.